The van der Waals surface area contributed by atoms with Crippen molar-refractivity contribution in [2.24, 2.45) is 0 Å². The molecule has 1 aliphatic rings. The van der Waals surface area contributed by atoms with Crippen LogP contribution in [0.25, 0.3) is 0 Å². The number of nitrogens with zero attached hydrogens (tertiary/aromatic N) is 1. The van der Waals surface area contributed by atoms with E-state index in [1.807, 2.05) is 24.3 Å². The molecule has 0 aromatic heterocycles. The molecule has 1 aliphatic carbocycles. The Hall–Kier alpha value is -3.13. The largest absolute Gasteiger partial charge is 0.497 e. The standard InChI is InChI=1S/C21H25N3O5/c1-14-10-19(24(26)27)20(29-3)11-18(14)22-21(25)13-23(16-6-7-16)12-15-4-8-17(28-2)9-5-15/h4-5,8-11,16H,6-7,12-13H2,1-3H3,(H,22,25)/p+1. The molecule has 1 atom stereocenters. The maximum Gasteiger partial charge on any atom is 0.311 e. The van der Waals surface area contributed by atoms with Gasteiger partial charge in [-0.1, -0.05) is 0 Å². The Morgan fingerprint density at radius 2 is 1.90 bits per heavy atom. The van der Waals surface area contributed by atoms with Crippen LogP contribution in [-0.2, 0) is 11.3 Å². The highest BCUT2D eigenvalue weighted by atomic mass is 16.6. The zero-order valence-corrected chi connectivity index (χ0v) is 16.9. The van der Waals surface area contributed by atoms with Crippen LogP contribution in [0, 0.1) is 17.0 Å². The number of nitro groups is 1. The van der Waals surface area contributed by atoms with Gasteiger partial charge in [0.05, 0.1) is 25.2 Å². The van der Waals surface area contributed by atoms with Gasteiger partial charge in [-0.15, -0.1) is 0 Å². The second-order valence-corrected chi connectivity index (χ2v) is 7.28. The van der Waals surface area contributed by atoms with Crippen LogP contribution >= 0.6 is 0 Å². The molecule has 0 spiro atoms. The first-order valence-corrected chi connectivity index (χ1v) is 9.51. The number of hydrogen-bond donors (Lipinski definition) is 2. The van der Waals surface area contributed by atoms with E-state index in [1.165, 1.54) is 24.1 Å². The van der Waals surface area contributed by atoms with Crippen molar-refractivity contribution in [1.29, 1.82) is 0 Å². The minimum Gasteiger partial charge on any atom is -0.497 e. The summed E-state index contributed by atoms with van der Waals surface area (Å²) < 4.78 is 10.3. The highest BCUT2D eigenvalue weighted by molar-refractivity contribution is 5.92. The summed E-state index contributed by atoms with van der Waals surface area (Å²) in [7, 11) is 3.01. The number of anilines is 1. The van der Waals surface area contributed by atoms with Gasteiger partial charge in [-0.25, -0.2) is 0 Å². The van der Waals surface area contributed by atoms with Gasteiger partial charge < -0.3 is 19.7 Å². The highest BCUT2D eigenvalue weighted by Gasteiger charge is 2.34. The lowest BCUT2D eigenvalue weighted by Crippen LogP contribution is -3.13. The van der Waals surface area contributed by atoms with Crippen molar-refractivity contribution in [3.63, 3.8) is 0 Å². The van der Waals surface area contributed by atoms with Gasteiger partial charge in [-0.3, -0.25) is 14.9 Å². The Labute approximate surface area is 169 Å². The monoisotopic (exact) mass is 400 g/mol. The Morgan fingerprint density at radius 1 is 1.21 bits per heavy atom. The molecular weight excluding hydrogens is 374 g/mol. The number of carbonyl (C=O) groups excluding carboxylic acids is 1. The zero-order valence-electron chi connectivity index (χ0n) is 16.9. The molecular formula is C21H26N3O5+. The quantitative estimate of drug-likeness (QED) is 0.497. The molecule has 2 N–H and O–H groups in total. The van der Waals surface area contributed by atoms with Crippen molar-refractivity contribution in [3.8, 4) is 11.5 Å². The Morgan fingerprint density at radius 3 is 2.45 bits per heavy atom. The average molecular weight is 400 g/mol. The average Bonchev–Trinajstić information content (AvgIpc) is 3.54. The van der Waals surface area contributed by atoms with E-state index in [2.05, 4.69) is 5.32 Å². The number of amides is 1. The molecule has 0 saturated heterocycles. The van der Waals surface area contributed by atoms with Crippen LogP contribution in [0.15, 0.2) is 36.4 Å². The van der Waals surface area contributed by atoms with Gasteiger partial charge in [-0.05, 0) is 36.8 Å². The third-order valence-electron chi connectivity index (χ3n) is 5.13. The van der Waals surface area contributed by atoms with E-state index in [4.69, 9.17) is 9.47 Å². The fraction of sp³-hybridized carbons (Fsp3) is 0.381. The number of methoxy groups -OCH3 is 2. The van der Waals surface area contributed by atoms with Crippen LogP contribution < -0.4 is 19.7 Å². The van der Waals surface area contributed by atoms with Crippen LogP contribution in [0.1, 0.15) is 24.0 Å². The molecule has 2 aromatic rings. The molecule has 0 heterocycles. The molecule has 0 radical (unpaired) electrons. The van der Waals surface area contributed by atoms with E-state index in [-0.39, 0.29) is 17.3 Å². The van der Waals surface area contributed by atoms with E-state index < -0.39 is 4.92 Å². The third kappa shape index (κ3) is 5.23. The van der Waals surface area contributed by atoms with Crippen molar-refractivity contribution < 1.29 is 24.1 Å². The highest BCUT2D eigenvalue weighted by Crippen LogP contribution is 2.32. The number of benzene rings is 2. The van der Waals surface area contributed by atoms with Crippen molar-refractivity contribution >= 4 is 17.3 Å². The first kappa shape index (κ1) is 20.6. The lowest BCUT2D eigenvalue weighted by Gasteiger charge is -2.19. The van der Waals surface area contributed by atoms with Gasteiger partial charge in [0.1, 0.15) is 12.3 Å². The molecule has 8 heteroatoms. The first-order valence-electron chi connectivity index (χ1n) is 9.51. The lowest BCUT2D eigenvalue weighted by atomic mass is 10.1. The van der Waals surface area contributed by atoms with Gasteiger partial charge in [0.25, 0.3) is 5.91 Å². The molecule has 1 amide bonds. The van der Waals surface area contributed by atoms with Crippen LogP contribution in [0.4, 0.5) is 11.4 Å². The number of nitrogens with one attached hydrogen (secondary N) is 2. The number of ether oxygens (including phenoxy) is 2. The van der Waals surface area contributed by atoms with Crippen LogP contribution in [-0.4, -0.2) is 37.6 Å². The molecule has 3 rings (SSSR count). The predicted molar refractivity (Wildman–Crippen MR) is 109 cm³/mol. The molecule has 0 bridgehead atoms. The van der Waals surface area contributed by atoms with Crippen LogP contribution in [0.3, 0.4) is 0 Å². The van der Waals surface area contributed by atoms with Crippen molar-refractivity contribution in [1.82, 2.24) is 0 Å². The number of rotatable bonds is 9. The van der Waals surface area contributed by atoms with E-state index in [9.17, 15) is 14.9 Å². The molecule has 154 valence electrons. The molecule has 8 nitrogen and oxygen atoms in total. The fourth-order valence-corrected chi connectivity index (χ4v) is 3.36. The van der Waals surface area contributed by atoms with Gasteiger partial charge >= 0.3 is 5.69 Å². The SMILES string of the molecule is COc1ccc(C[NH+](CC(=O)Nc2cc(OC)c([N+](=O)[O-])cc2C)C2CC2)cc1. The maximum absolute atomic E-state index is 12.7. The molecule has 1 saturated carbocycles. The zero-order chi connectivity index (χ0) is 21.0. The molecule has 0 aliphatic heterocycles. The summed E-state index contributed by atoms with van der Waals surface area (Å²) in [5, 5.41) is 14.0. The predicted octanol–water partition coefficient (Wildman–Crippen LogP) is 2.11. The van der Waals surface area contributed by atoms with E-state index >= 15 is 0 Å². The smallest absolute Gasteiger partial charge is 0.311 e. The minimum atomic E-state index is -0.495. The summed E-state index contributed by atoms with van der Waals surface area (Å²) in [5.74, 6) is 0.807. The van der Waals surface area contributed by atoms with Gasteiger partial charge in [-0.2, -0.15) is 0 Å². The van der Waals surface area contributed by atoms with Gasteiger partial charge in [0.15, 0.2) is 12.3 Å². The van der Waals surface area contributed by atoms with Crippen LogP contribution in [0.2, 0.25) is 0 Å². The second-order valence-electron chi connectivity index (χ2n) is 7.28. The third-order valence-corrected chi connectivity index (χ3v) is 5.13. The summed E-state index contributed by atoms with van der Waals surface area (Å²) in [6, 6.07) is 11.3. The Bertz CT molecular complexity index is 894. The van der Waals surface area contributed by atoms with Gasteiger partial charge in [0.2, 0.25) is 0 Å². The Kier molecular flexibility index (Phi) is 6.33. The summed E-state index contributed by atoms with van der Waals surface area (Å²) in [6.45, 7) is 2.81. The fourth-order valence-electron chi connectivity index (χ4n) is 3.36. The number of carbonyl (C=O) groups is 1. The maximum atomic E-state index is 12.7. The molecule has 2 aromatic carbocycles. The topological polar surface area (TPSA) is 95.1 Å². The van der Waals surface area contributed by atoms with Gasteiger partial charge in [0, 0.05) is 36.2 Å². The normalized spacial score (nSPS) is 14.2. The summed E-state index contributed by atoms with van der Waals surface area (Å²) in [5.41, 5.74) is 2.17. The van der Waals surface area contributed by atoms with Crippen molar-refractivity contribution in [2.75, 3.05) is 26.1 Å². The lowest BCUT2D eigenvalue weighted by molar-refractivity contribution is -0.916. The van der Waals surface area contributed by atoms with E-state index in [1.54, 1.807) is 14.0 Å². The first-order chi connectivity index (χ1) is 13.9. The number of nitro benzene ring substituents is 1. The summed E-state index contributed by atoms with van der Waals surface area (Å²) >= 11 is 0. The van der Waals surface area contributed by atoms with E-state index in [0.717, 1.165) is 30.7 Å². The van der Waals surface area contributed by atoms with E-state index in [0.29, 0.717) is 23.8 Å². The number of quaternary nitrogens is 1. The molecule has 1 unspecified atom stereocenters. The second kappa shape index (κ2) is 8.91. The minimum absolute atomic E-state index is 0.118. The molecule has 1 fully saturated rings. The summed E-state index contributed by atoms with van der Waals surface area (Å²) in [4.78, 5) is 24.5. The summed E-state index contributed by atoms with van der Waals surface area (Å²) in [6.07, 6.45) is 2.23. The Balaban J connectivity index is 1.68. The van der Waals surface area contributed by atoms with Crippen LogP contribution in [0.5, 0.6) is 11.5 Å². The van der Waals surface area contributed by atoms with Crippen molar-refractivity contribution in [3.05, 3.63) is 57.6 Å². The molecule has 29 heavy (non-hydrogen) atoms. The number of aryl methyl sites for hydroxylation is 1. The number of hydrogen-bond acceptors (Lipinski definition) is 5. The van der Waals surface area contributed by atoms with Crippen molar-refractivity contribution in [2.45, 2.75) is 32.4 Å².